The number of aryl methyl sites for hydroxylation is 3. The van der Waals surface area contributed by atoms with E-state index in [9.17, 15) is 8.42 Å². The molecule has 0 spiro atoms. The number of rotatable bonds is 3. The highest BCUT2D eigenvalue weighted by Gasteiger charge is 2.25. The number of hydrogen-bond acceptors (Lipinski definition) is 4. The number of pyridine rings is 1. The molecule has 0 unspecified atom stereocenters. The van der Waals surface area contributed by atoms with Gasteiger partial charge in [-0.15, -0.1) is 0 Å². The molecule has 0 aliphatic carbocycles. The summed E-state index contributed by atoms with van der Waals surface area (Å²) in [5, 5.41) is 0.772. The number of benzene rings is 2. The van der Waals surface area contributed by atoms with Gasteiger partial charge in [-0.3, -0.25) is 4.98 Å². The topological polar surface area (TPSA) is 56.3 Å². The van der Waals surface area contributed by atoms with E-state index in [1.165, 1.54) is 0 Å². The molecule has 0 radical (unpaired) electrons. The Hall–Kier alpha value is -1.44. The lowest BCUT2D eigenvalue weighted by Crippen LogP contribution is -2.14. The lowest BCUT2D eigenvalue weighted by molar-refractivity contribution is 0.485. The number of aromatic nitrogens is 1. The van der Waals surface area contributed by atoms with Crippen molar-refractivity contribution in [1.29, 1.82) is 0 Å². The Labute approximate surface area is 163 Å². The van der Waals surface area contributed by atoms with E-state index in [0.29, 0.717) is 21.1 Å². The lowest BCUT2D eigenvalue weighted by atomic mass is 10.1. The minimum absolute atomic E-state index is 0.179. The molecule has 3 aromatic rings. The van der Waals surface area contributed by atoms with Gasteiger partial charge in [0, 0.05) is 16.1 Å². The summed E-state index contributed by atoms with van der Waals surface area (Å²) in [4.78, 5) is 4.48. The van der Waals surface area contributed by atoms with E-state index in [1.54, 1.807) is 32.2 Å². The monoisotopic (exact) mass is 483 g/mol. The minimum atomic E-state index is -4.00. The summed E-state index contributed by atoms with van der Waals surface area (Å²) in [5.41, 5.74) is 2.78. The quantitative estimate of drug-likeness (QED) is 0.463. The fraction of sp³-hybridized carbons (Fsp3) is 0.167. The van der Waals surface area contributed by atoms with E-state index < -0.39 is 10.1 Å². The fourth-order valence-corrected chi connectivity index (χ4v) is 5.78. The van der Waals surface area contributed by atoms with Crippen LogP contribution in [-0.2, 0) is 10.1 Å². The highest BCUT2D eigenvalue weighted by molar-refractivity contribution is 9.11. The average molecular weight is 485 g/mol. The number of fused-ring (bicyclic) bond motifs is 1. The molecule has 1 aromatic heterocycles. The van der Waals surface area contributed by atoms with Gasteiger partial charge >= 0.3 is 10.1 Å². The van der Waals surface area contributed by atoms with Gasteiger partial charge in [-0.25, -0.2) is 0 Å². The van der Waals surface area contributed by atoms with Crippen molar-refractivity contribution >= 4 is 52.9 Å². The van der Waals surface area contributed by atoms with E-state index in [0.717, 1.165) is 15.4 Å². The highest BCUT2D eigenvalue weighted by Crippen LogP contribution is 2.39. The van der Waals surface area contributed by atoms with Gasteiger partial charge in [0.1, 0.15) is 10.4 Å². The molecule has 0 amide bonds. The second-order valence-electron chi connectivity index (χ2n) is 5.83. The maximum Gasteiger partial charge on any atom is 0.339 e. The third kappa shape index (κ3) is 3.45. The Morgan fingerprint density at radius 3 is 2.28 bits per heavy atom. The van der Waals surface area contributed by atoms with Crippen LogP contribution in [0.4, 0.5) is 0 Å². The van der Waals surface area contributed by atoms with Crippen molar-refractivity contribution in [3.8, 4) is 5.75 Å². The first-order valence-electron chi connectivity index (χ1n) is 7.46. The fourth-order valence-electron chi connectivity index (χ4n) is 2.94. The molecular weight excluding hydrogens is 470 g/mol. The molecule has 1 heterocycles. The second kappa shape index (κ2) is 6.70. The van der Waals surface area contributed by atoms with Gasteiger partial charge in [0.2, 0.25) is 0 Å². The Morgan fingerprint density at radius 1 is 1.00 bits per heavy atom. The highest BCUT2D eigenvalue weighted by atomic mass is 79.9. The van der Waals surface area contributed by atoms with Crippen LogP contribution in [0.5, 0.6) is 5.75 Å². The van der Waals surface area contributed by atoms with Crippen LogP contribution >= 0.6 is 31.9 Å². The molecule has 0 bridgehead atoms. The Balaban J connectivity index is 2.20. The Bertz CT molecular complexity index is 1070. The Morgan fingerprint density at radius 2 is 1.64 bits per heavy atom. The zero-order chi connectivity index (χ0) is 18.4. The van der Waals surface area contributed by atoms with Gasteiger partial charge in [0.15, 0.2) is 5.75 Å². The zero-order valence-electron chi connectivity index (χ0n) is 13.8. The molecular formula is C18H15Br2NO3S. The summed E-state index contributed by atoms with van der Waals surface area (Å²) in [7, 11) is -4.00. The van der Waals surface area contributed by atoms with Gasteiger partial charge in [0.25, 0.3) is 0 Å². The molecule has 0 N–H and O–H groups in total. The van der Waals surface area contributed by atoms with Gasteiger partial charge in [-0.2, -0.15) is 8.42 Å². The average Bonchev–Trinajstić information content (AvgIpc) is 2.50. The van der Waals surface area contributed by atoms with Crippen LogP contribution in [0.25, 0.3) is 10.9 Å². The van der Waals surface area contributed by atoms with Crippen molar-refractivity contribution in [3.05, 3.63) is 62.2 Å². The van der Waals surface area contributed by atoms with Gasteiger partial charge in [-0.05, 0) is 60.0 Å². The van der Waals surface area contributed by atoms with E-state index in [-0.39, 0.29) is 10.6 Å². The summed E-state index contributed by atoms with van der Waals surface area (Å²) in [6.07, 6.45) is 1.60. The maximum absolute atomic E-state index is 13.0. The van der Waals surface area contributed by atoms with E-state index >= 15 is 0 Å². The Kier molecular flexibility index (Phi) is 4.92. The van der Waals surface area contributed by atoms with Crippen molar-refractivity contribution in [2.75, 3.05) is 0 Å². The maximum atomic E-state index is 13.0. The molecule has 2 aromatic carbocycles. The second-order valence-corrected chi connectivity index (χ2v) is 9.03. The van der Waals surface area contributed by atoms with Crippen molar-refractivity contribution in [1.82, 2.24) is 4.98 Å². The summed E-state index contributed by atoms with van der Waals surface area (Å²) < 4.78 is 32.7. The molecule has 3 rings (SSSR count). The molecule has 0 aliphatic rings. The number of nitrogens with zero attached hydrogens (tertiary/aromatic N) is 1. The lowest BCUT2D eigenvalue weighted by Gasteiger charge is -2.15. The smallest absolute Gasteiger partial charge is 0.339 e. The summed E-state index contributed by atoms with van der Waals surface area (Å²) >= 11 is 6.85. The van der Waals surface area contributed by atoms with Crippen LogP contribution in [-0.4, -0.2) is 13.4 Å². The summed E-state index contributed by atoms with van der Waals surface area (Å²) in [5.74, 6) is 0.179. The van der Waals surface area contributed by atoms with Gasteiger partial charge in [-0.1, -0.05) is 39.7 Å². The molecule has 0 fully saturated rings. The predicted octanol–water partition coefficient (Wildman–Crippen LogP) is 5.45. The molecule has 25 heavy (non-hydrogen) atoms. The first kappa shape index (κ1) is 18.4. The van der Waals surface area contributed by atoms with Crippen LogP contribution in [0, 0.1) is 20.8 Å². The third-order valence-corrected chi connectivity index (χ3v) is 6.57. The number of hydrogen-bond donors (Lipinski definition) is 0. The van der Waals surface area contributed by atoms with Crippen LogP contribution in [0.2, 0.25) is 0 Å². The largest absolute Gasteiger partial charge is 0.375 e. The van der Waals surface area contributed by atoms with E-state index in [1.807, 2.05) is 25.1 Å². The van der Waals surface area contributed by atoms with Crippen molar-refractivity contribution < 1.29 is 12.6 Å². The molecule has 4 nitrogen and oxygen atoms in total. The standard InChI is InChI=1S/C18H15Br2NO3S/c1-10-7-11(2)18(12(3)8-10)25(22,23)24-17-15(20)9-14(19)13-5-4-6-21-16(13)17/h4-9H,1-3H3. The van der Waals surface area contributed by atoms with E-state index in [4.69, 9.17) is 4.18 Å². The van der Waals surface area contributed by atoms with Crippen LogP contribution in [0.15, 0.2) is 50.4 Å². The normalized spacial score (nSPS) is 11.7. The first-order chi connectivity index (χ1) is 11.7. The van der Waals surface area contributed by atoms with E-state index in [2.05, 4.69) is 36.8 Å². The van der Waals surface area contributed by atoms with Crippen molar-refractivity contribution in [3.63, 3.8) is 0 Å². The minimum Gasteiger partial charge on any atom is -0.375 e. The molecule has 7 heteroatoms. The van der Waals surface area contributed by atoms with Crippen LogP contribution in [0.1, 0.15) is 16.7 Å². The molecule has 0 saturated carbocycles. The molecule has 130 valence electrons. The number of halogens is 2. The first-order valence-corrected chi connectivity index (χ1v) is 10.4. The summed E-state index contributed by atoms with van der Waals surface area (Å²) in [6, 6.07) is 9.05. The van der Waals surface area contributed by atoms with Gasteiger partial charge in [0.05, 0.1) is 4.47 Å². The SMILES string of the molecule is Cc1cc(C)c(S(=O)(=O)Oc2c(Br)cc(Br)c3cccnc23)c(C)c1. The molecule has 0 saturated heterocycles. The zero-order valence-corrected chi connectivity index (χ0v) is 17.8. The third-order valence-electron chi connectivity index (χ3n) is 3.80. The van der Waals surface area contributed by atoms with Crippen LogP contribution in [0.3, 0.4) is 0 Å². The van der Waals surface area contributed by atoms with Crippen molar-refractivity contribution in [2.24, 2.45) is 0 Å². The predicted molar refractivity (Wildman–Crippen MR) is 106 cm³/mol. The van der Waals surface area contributed by atoms with Crippen LogP contribution < -0.4 is 4.18 Å². The van der Waals surface area contributed by atoms with Crippen molar-refractivity contribution in [2.45, 2.75) is 25.7 Å². The van der Waals surface area contributed by atoms with Gasteiger partial charge < -0.3 is 4.18 Å². The summed E-state index contributed by atoms with van der Waals surface area (Å²) in [6.45, 7) is 5.46. The molecule has 0 aliphatic heterocycles. The molecule has 0 atom stereocenters.